The number of nitrogens with one attached hydrogen (secondary N) is 2. The normalized spacial score (nSPS) is 11.7. The molecule has 0 radical (unpaired) electrons. The van der Waals surface area contributed by atoms with Crippen LogP contribution in [0.2, 0.25) is 0 Å². The number of aliphatic hydroxyl groups excluding tert-OH is 1. The highest BCUT2D eigenvalue weighted by atomic mass is 35.5. The van der Waals surface area contributed by atoms with Crippen LogP contribution in [-0.2, 0) is 0 Å². The summed E-state index contributed by atoms with van der Waals surface area (Å²) in [6, 6.07) is 0. The third-order valence-electron chi connectivity index (χ3n) is 3.34. The molecule has 2 aromatic heterocycles. The number of fused-ring (bicyclic) bond motifs is 1. The largest absolute Gasteiger partial charge is 0.391 e. The molecule has 3 N–H and O–H groups in total. The lowest BCUT2D eigenvalue weighted by molar-refractivity contribution is 0.183. The van der Waals surface area contributed by atoms with Crippen LogP contribution in [0.4, 0.5) is 17.7 Å². The molecule has 1 unspecified atom stereocenters. The summed E-state index contributed by atoms with van der Waals surface area (Å²) < 4.78 is 0. The minimum atomic E-state index is -0.417. The van der Waals surface area contributed by atoms with Crippen LogP contribution in [0.3, 0.4) is 0 Å². The van der Waals surface area contributed by atoms with Crippen LogP contribution in [0.25, 0.3) is 11.0 Å². The van der Waals surface area contributed by atoms with Crippen LogP contribution in [0.5, 0.6) is 0 Å². The van der Waals surface area contributed by atoms with Crippen molar-refractivity contribution in [3.8, 4) is 0 Å². The van der Waals surface area contributed by atoms with Crippen LogP contribution >= 0.6 is 12.4 Å². The van der Waals surface area contributed by atoms with Crippen LogP contribution in [0, 0.1) is 0 Å². The zero-order valence-electron chi connectivity index (χ0n) is 14.6. The van der Waals surface area contributed by atoms with Gasteiger partial charge >= 0.3 is 0 Å². The molecule has 0 amide bonds. The first-order valence-electron chi connectivity index (χ1n) is 7.93. The van der Waals surface area contributed by atoms with Gasteiger partial charge in [-0.1, -0.05) is 13.8 Å². The standard InChI is InChI=1S/C15H25N7O.ClH/c1-5-7-16-15-19-11-9-18-14(17-8-10(23)6-2)20-12(11)13(21-15)22(3)4;/h9-10,23H,5-8H2,1-4H3,(H,16,19,21)(H,17,18,20);1H. The SMILES string of the molecule is CCCNc1nc(N(C)C)c2nc(NCC(O)CC)ncc2n1.Cl. The molecule has 0 fully saturated rings. The van der Waals surface area contributed by atoms with Crippen molar-refractivity contribution in [1.82, 2.24) is 19.9 Å². The van der Waals surface area contributed by atoms with Gasteiger partial charge in [-0.15, -0.1) is 12.4 Å². The van der Waals surface area contributed by atoms with Crippen molar-refractivity contribution >= 4 is 41.2 Å². The molecule has 1 atom stereocenters. The highest BCUT2D eigenvalue weighted by molar-refractivity contribution is 5.86. The average molecular weight is 356 g/mol. The number of aromatic nitrogens is 4. The summed E-state index contributed by atoms with van der Waals surface area (Å²) in [4.78, 5) is 19.6. The van der Waals surface area contributed by atoms with Gasteiger partial charge in [0.2, 0.25) is 11.9 Å². The maximum absolute atomic E-state index is 9.63. The Bertz CT molecular complexity index is 653. The van der Waals surface area contributed by atoms with Gasteiger partial charge in [0.1, 0.15) is 11.0 Å². The Balaban J connectivity index is 0.00000288. The summed E-state index contributed by atoms with van der Waals surface area (Å²) in [6.45, 7) is 5.24. The van der Waals surface area contributed by atoms with Crippen molar-refractivity contribution < 1.29 is 5.11 Å². The molecule has 0 spiro atoms. The Labute approximate surface area is 148 Å². The molecule has 2 aromatic rings. The van der Waals surface area contributed by atoms with Crippen LogP contribution < -0.4 is 15.5 Å². The van der Waals surface area contributed by atoms with Gasteiger partial charge in [0.05, 0.1) is 12.3 Å². The summed E-state index contributed by atoms with van der Waals surface area (Å²) in [5, 5.41) is 15.9. The molecule has 2 rings (SSSR count). The van der Waals surface area contributed by atoms with Gasteiger partial charge in [0, 0.05) is 27.2 Å². The molecule has 0 saturated heterocycles. The van der Waals surface area contributed by atoms with Crippen LogP contribution in [-0.4, -0.2) is 58.3 Å². The van der Waals surface area contributed by atoms with E-state index in [9.17, 15) is 5.11 Å². The number of aliphatic hydroxyl groups is 1. The molecular weight excluding hydrogens is 330 g/mol. The Morgan fingerprint density at radius 2 is 1.88 bits per heavy atom. The van der Waals surface area contributed by atoms with E-state index in [2.05, 4.69) is 37.5 Å². The zero-order valence-corrected chi connectivity index (χ0v) is 15.4. The molecule has 0 aliphatic carbocycles. The van der Waals surface area contributed by atoms with E-state index in [0.29, 0.717) is 35.9 Å². The fourth-order valence-electron chi connectivity index (χ4n) is 1.98. The summed E-state index contributed by atoms with van der Waals surface area (Å²) >= 11 is 0. The fraction of sp³-hybridized carbons (Fsp3) is 0.600. The third-order valence-corrected chi connectivity index (χ3v) is 3.34. The summed E-state index contributed by atoms with van der Waals surface area (Å²) in [5.74, 6) is 1.77. The lowest BCUT2D eigenvalue weighted by atomic mass is 10.3. The zero-order chi connectivity index (χ0) is 16.8. The Morgan fingerprint density at radius 1 is 1.12 bits per heavy atom. The highest BCUT2D eigenvalue weighted by Gasteiger charge is 2.13. The van der Waals surface area contributed by atoms with Crippen molar-refractivity contribution in [1.29, 1.82) is 0 Å². The fourth-order valence-corrected chi connectivity index (χ4v) is 1.98. The lowest BCUT2D eigenvalue weighted by Crippen LogP contribution is -2.20. The van der Waals surface area contributed by atoms with Gasteiger partial charge in [-0.25, -0.2) is 15.0 Å². The molecule has 0 saturated carbocycles. The second-order valence-electron chi connectivity index (χ2n) is 5.56. The summed E-state index contributed by atoms with van der Waals surface area (Å²) in [7, 11) is 3.84. The molecule has 0 aromatic carbocycles. The van der Waals surface area contributed by atoms with E-state index in [-0.39, 0.29) is 12.4 Å². The topological polar surface area (TPSA) is 99.1 Å². The van der Waals surface area contributed by atoms with Crippen molar-refractivity contribution in [3.63, 3.8) is 0 Å². The Kier molecular flexibility index (Phi) is 7.87. The molecule has 0 aliphatic rings. The van der Waals surface area contributed by atoms with E-state index in [1.807, 2.05) is 25.9 Å². The van der Waals surface area contributed by atoms with Crippen molar-refractivity contribution in [2.24, 2.45) is 0 Å². The predicted octanol–water partition coefficient (Wildman–Crippen LogP) is 1.91. The van der Waals surface area contributed by atoms with E-state index in [1.54, 1.807) is 6.20 Å². The molecule has 9 heteroatoms. The molecule has 0 aliphatic heterocycles. The third kappa shape index (κ3) is 5.04. The number of hydrogen-bond acceptors (Lipinski definition) is 8. The number of nitrogens with zero attached hydrogens (tertiary/aromatic N) is 5. The van der Waals surface area contributed by atoms with Gasteiger partial charge in [0.25, 0.3) is 0 Å². The van der Waals surface area contributed by atoms with E-state index in [1.165, 1.54) is 0 Å². The summed E-state index contributed by atoms with van der Waals surface area (Å²) in [5.41, 5.74) is 1.37. The second-order valence-corrected chi connectivity index (χ2v) is 5.56. The van der Waals surface area contributed by atoms with E-state index >= 15 is 0 Å². The molecule has 134 valence electrons. The molecule has 2 heterocycles. The van der Waals surface area contributed by atoms with Crippen molar-refractivity contribution in [2.75, 3.05) is 42.7 Å². The van der Waals surface area contributed by atoms with Gasteiger partial charge in [-0.3, -0.25) is 0 Å². The Hall–Kier alpha value is -1.93. The number of rotatable bonds is 8. The predicted molar refractivity (Wildman–Crippen MR) is 100 cm³/mol. The van der Waals surface area contributed by atoms with Gasteiger partial charge in [-0.05, 0) is 12.8 Å². The first kappa shape index (κ1) is 20.1. The number of anilines is 3. The maximum Gasteiger partial charge on any atom is 0.225 e. The van der Waals surface area contributed by atoms with E-state index < -0.39 is 6.10 Å². The monoisotopic (exact) mass is 355 g/mol. The quantitative estimate of drug-likeness (QED) is 0.660. The number of halogens is 1. The maximum atomic E-state index is 9.63. The van der Waals surface area contributed by atoms with E-state index in [0.717, 1.165) is 18.8 Å². The van der Waals surface area contributed by atoms with Gasteiger partial charge in [0.15, 0.2) is 5.82 Å². The van der Waals surface area contributed by atoms with Crippen molar-refractivity contribution in [2.45, 2.75) is 32.8 Å². The first-order chi connectivity index (χ1) is 11.0. The smallest absolute Gasteiger partial charge is 0.225 e. The van der Waals surface area contributed by atoms with Gasteiger partial charge < -0.3 is 20.6 Å². The highest BCUT2D eigenvalue weighted by Crippen LogP contribution is 2.22. The number of hydrogen-bond donors (Lipinski definition) is 3. The van der Waals surface area contributed by atoms with E-state index in [4.69, 9.17) is 0 Å². The van der Waals surface area contributed by atoms with Crippen LogP contribution in [0.15, 0.2) is 6.20 Å². The second kappa shape index (κ2) is 9.39. The molecule has 24 heavy (non-hydrogen) atoms. The first-order valence-corrected chi connectivity index (χ1v) is 7.93. The molecular formula is C15H26ClN7O. The van der Waals surface area contributed by atoms with Gasteiger partial charge in [-0.2, -0.15) is 4.98 Å². The Morgan fingerprint density at radius 3 is 2.50 bits per heavy atom. The molecule has 0 bridgehead atoms. The minimum Gasteiger partial charge on any atom is -0.391 e. The molecule has 8 nitrogen and oxygen atoms in total. The van der Waals surface area contributed by atoms with Crippen LogP contribution in [0.1, 0.15) is 26.7 Å². The summed E-state index contributed by atoms with van der Waals surface area (Å²) in [6.07, 6.45) is 2.94. The average Bonchev–Trinajstić information content (AvgIpc) is 2.56. The minimum absolute atomic E-state index is 0. The van der Waals surface area contributed by atoms with Crippen molar-refractivity contribution in [3.05, 3.63) is 6.20 Å². The lowest BCUT2D eigenvalue weighted by Gasteiger charge is -2.16.